The fourth-order valence-electron chi connectivity index (χ4n) is 1.81. The van der Waals surface area contributed by atoms with Gasteiger partial charge in [0.2, 0.25) is 0 Å². The summed E-state index contributed by atoms with van der Waals surface area (Å²) < 4.78 is 0. The Morgan fingerprint density at radius 1 is 1.38 bits per heavy atom. The van der Waals surface area contributed by atoms with E-state index in [4.69, 9.17) is 0 Å². The molecule has 3 nitrogen and oxygen atoms in total. The summed E-state index contributed by atoms with van der Waals surface area (Å²) in [6, 6.07) is 5.96. The first-order valence-corrected chi connectivity index (χ1v) is 5.36. The van der Waals surface area contributed by atoms with Crippen molar-refractivity contribution in [1.29, 1.82) is 0 Å². The van der Waals surface area contributed by atoms with E-state index in [0.29, 0.717) is 6.54 Å². The Kier molecular flexibility index (Phi) is 4.07. The molecule has 0 saturated heterocycles. The van der Waals surface area contributed by atoms with Crippen molar-refractivity contribution in [2.24, 2.45) is 0 Å². The lowest BCUT2D eigenvalue weighted by molar-refractivity contribution is -0.139. The van der Waals surface area contributed by atoms with Crippen LogP contribution in [0.4, 0.5) is 0 Å². The largest absolute Gasteiger partial charge is 0.481 e. The number of hydrogen-bond donors (Lipinski definition) is 1. The van der Waals surface area contributed by atoms with Crippen molar-refractivity contribution in [1.82, 2.24) is 4.90 Å². The van der Waals surface area contributed by atoms with Gasteiger partial charge < -0.3 is 10.0 Å². The first-order chi connectivity index (χ1) is 7.41. The summed E-state index contributed by atoms with van der Waals surface area (Å²) in [6.45, 7) is 4.47. The van der Waals surface area contributed by atoms with Crippen molar-refractivity contribution in [3.05, 3.63) is 34.9 Å². The van der Waals surface area contributed by atoms with Crippen LogP contribution in [0.1, 0.15) is 22.6 Å². The number of nitrogens with zero attached hydrogens (tertiary/aromatic N) is 1. The molecular weight excluding hydrogens is 202 g/mol. The van der Waals surface area contributed by atoms with Crippen LogP contribution in [0.5, 0.6) is 0 Å². The van der Waals surface area contributed by atoms with E-state index >= 15 is 0 Å². The van der Waals surface area contributed by atoms with Crippen molar-refractivity contribution in [2.45, 2.75) is 19.8 Å². The lowest BCUT2D eigenvalue weighted by Gasteiger charge is -2.19. The van der Waals surface area contributed by atoms with Gasteiger partial charge in [-0.2, -0.15) is 0 Å². The van der Waals surface area contributed by atoms with E-state index in [1.807, 2.05) is 51.0 Å². The fraction of sp³-hybridized carbons (Fsp3) is 0.462. The number of carbonyl (C=O) groups is 1. The van der Waals surface area contributed by atoms with Gasteiger partial charge in [0, 0.05) is 6.54 Å². The Labute approximate surface area is 96.7 Å². The van der Waals surface area contributed by atoms with Gasteiger partial charge in [0.05, 0.1) is 5.92 Å². The minimum atomic E-state index is -0.762. The number of carboxylic acids is 1. The molecule has 0 aliphatic heterocycles. The Morgan fingerprint density at radius 3 is 2.50 bits per heavy atom. The highest BCUT2D eigenvalue weighted by atomic mass is 16.4. The molecule has 3 heteroatoms. The van der Waals surface area contributed by atoms with Gasteiger partial charge in [-0.05, 0) is 39.1 Å². The minimum absolute atomic E-state index is 0.449. The molecule has 1 aromatic rings. The van der Waals surface area contributed by atoms with Crippen molar-refractivity contribution >= 4 is 5.97 Å². The second kappa shape index (κ2) is 5.12. The molecule has 0 aromatic heterocycles. The Morgan fingerprint density at radius 2 is 2.00 bits per heavy atom. The SMILES string of the molecule is Cc1ccc(C)c(C(CN(C)C)C(=O)O)c1. The van der Waals surface area contributed by atoms with Gasteiger partial charge in [0.15, 0.2) is 0 Å². The third-order valence-electron chi connectivity index (χ3n) is 2.66. The lowest BCUT2D eigenvalue weighted by Crippen LogP contribution is -2.26. The zero-order chi connectivity index (χ0) is 12.3. The molecule has 16 heavy (non-hydrogen) atoms. The number of likely N-dealkylation sites (N-methyl/N-ethyl adjacent to an activating group) is 1. The van der Waals surface area contributed by atoms with Crippen LogP contribution in [0.15, 0.2) is 18.2 Å². The standard InChI is InChI=1S/C13H19NO2/c1-9-5-6-10(2)11(7-9)12(13(15)16)8-14(3)4/h5-7,12H,8H2,1-4H3,(H,15,16). The molecule has 0 radical (unpaired) electrons. The molecule has 0 fully saturated rings. The minimum Gasteiger partial charge on any atom is -0.481 e. The Bertz CT molecular complexity index is 386. The fourth-order valence-corrected chi connectivity index (χ4v) is 1.81. The lowest BCUT2D eigenvalue weighted by atomic mass is 9.93. The molecule has 0 bridgehead atoms. The Hall–Kier alpha value is -1.35. The summed E-state index contributed by atoms with van der Waals surface area (Å²) in [4.78, 5) is 13.2. The smallest absolute Gasteiger partial charge is 0.312 e. The van der Waals surface area contributed by atoms with Crippen molar-refractivity contribution in [2.75, 3.05) is 20.6 Å². The molecule has 0 aliphatic carbocycles. The molecule has 0 amide bonds. The molecule has 0 saturated carbocycles. The Balaban J connectivity index is 3.10. The summed E-state index contributed by atoms with van der Waals surface area (Å²) in [5.74, 6) is -1.21. The molecule has 0 aliphatic rings. The summed E-state index contributed by atoms with van der Waals surface area (Å²) in [5, 5.41) is 9.26. The predicted octanol–water partition coefficient (Wildman–Crippen LogP) is 2.03. The average molecular weight is 221 g/mol. The van der Waals surface area contributed by atoms with Gasteiger partial charge >= 0.3 is 5.97 Å². The van der Waals surface area contributed by atoms with Crippen molar-refractivity contribution in [3.63, 3.8) is 0 Å². The van der Waals surface area contributed by atoms with E-state index in [9.17, 15) is 9.90 Å². The van der Waals surface area contributed by atoms with E-state index in [1.165, 1.54) is 0 Å². The first kappa shape index (κ1) is 12.7. The monoisotopic (exact) mass is 221 g/mol. The maximum atomic E-state index is 11.3. The molecule has 88 valence electrons. The average Bonchev–Trinajstić information content (AvgIpc) is 2.18. The summed E-state index contributed by atoms with van der Waals surface area (Å²) in [7, 11) is 3.78. The van der Waals surface area contributed by atoms with Gasteiger partial charge in [-0.15, -0.1) is 0 Å². The molecule has 1 aromatic carbocycles. The van der Waals surface area contributed by atoms with E-state index in [2.05, 4.69) is 0 Å². The van der Waals surface area contributed by atoms with E-state index in [1.54, 1.807) is 0 Å². The second-order valence-corrected chi connectivity index (χ2v) is 4.51. The third-order valence-corrected chi connectivity index (χ3v) is 2.66. The highest BCUT2D eigenvalue weighted by Crippen LogP contribution is 2.22. The van der Waals surface area contributed by atoms with Crippen LogP contribution in [0.3, 0.4) is 0 Å². The van der Waals surface area contributed by atoms with Crippen LogP contribution < -0.4 is 0 Å². The molecule has 1 unspecified atom stereocenters. The van der Waals surface area contributed by atoms with Gasteiger partial charge in [-0.3, -0.25) is 4.79 Å². The van der Waals surface area contributed by atoms with Crippen molar-refractivity contribution < 1.29 is 9.90 Å². The number of hydrogen-bond acceptors (Lipinski definition) is 2. The number of benzene rings is 1. The van der Waals surface area contributed by atoms with Crippen LogP contribution in [-0.4, -0.2) is 36.6 Å². The summed E-state index contributed by atoms with van der Waals surface area (Å²) >= 11 is 0. The highest BCUT2D eigenvalue weighted by molar-refractivity contribution is 5.77. The van der Waals surface area contributed by atoms with Crippen LogP contribution >= 0.6 is 0 Å². The van der Waals surface area contributed by atoms with Crippen LogP contribution in [0.2, 0.25) is 0 Å². The molecule has 1 atom stereocenters. The third kappa shape index (κ3) is 3.07. The highest BCUT2D eigenvalue weighted by Gasteiger charge is 2.22. The second-order valence-electron chi connectivity index (χ2n) is 4.51. The summed E-state index contributed by atoms with van der Waals surface area (Å²) in [6.07, 6.45) is 0. The molecule has 0 heterocycles. The number of carboxylic acid groups (broad SMARTS) is 1. The van der Waals surface area contributed by atoms with Gasteiger partial charge in [0.1, 0.15) is 0 Å². The van der Waals surface area contributed by atoms with E-state index in [0.717, 1.165) is 16.7 Å². The van der Waals surface area contributed by atoms with Crippen LogP contribution in [0, 0.1) is 13.8 Å². The number of aliphatic carboxylic acids is 1. The summed E-state index contributed by atoms with van der Waals surface area (Å²) in [5.41, 5.74) is 3.06. The van der Waals surface area contributed by atoms with Crippen LogP contribution in [-0.2, 0) is 4.79 Å². The van der Waals surface area contributed by atoms with Crippen LogP contribution in [0.25, 0.3) is 0 Å². The zero-order valence-corrected chi connectivity index (χ0v) is 10.3. The normalized spacial score (nSPS) is 12.8. The van der Waals surface area contributed by atoms with Gasteiger partial charge in [-0.1, -0.05) is 23.8 Å². The van der Waals surface area contributed by atoms with Gasteiger partial charge in [-0.25, -0.2) is 0 Å². The molecule has 0 spiro atoms. The predicted molar refractivity (Wildman–Crippen MR) is 64.8 cm³/mol. The molecule has 1 N–H and O–H groups in total. The quantitative estimate of drug-likeness (QED) is 0.845. The van der Waals surface area contributed by atoms with Gasteiger partial charge in [0.25, 0.3) is 0 Å². The topological polar surface area (TPSA) is 40.5 Å². The van der Waals surface area contributed by atoms with E-state index in [-0.39, 0.29) is 0 Å². The number of aryl methyl sites for hydroxylation is 2. The maximum absolute atomic E-state index is 11.3. The zero-order valence-electron chi connectivity index (χ0n) is 10.3. The first-order valence-electron chi connectivity index (χ1n) is 5.36. The van der Waals surface area contributed by atoms with Crippen molar-refractivity contribution in [3.8, 4) is 0 Å². The number of rotatable bonds is 4. The molecular formula is C13H19NO2. The molecule has 1 rings (SSSR count). The maximum Gasteiger partial charge on any atom is 0.312 e. The van der Waals surface area contributed by atoms with E-state index < -0.39 is 11.9 Å².